The van der Waals surface area contributed by atoms with Crippen molar-refractivity contribution in [3.05, 3.63) is 48.0 Å². The van der Waals surface area contributed by atoms with Gasteiger partial charge in [-0.05, 0) is 42.7 Å². The van der Waals surface area contributed by atoms with Crippen LogP contribution in [0, 0.1) is 11.6 Å². The molecule has 2 aromatic rings. The Morgan fingerprint density at radius 3 is 2.60 bits per heavy atom. The fraction of sp³-hybridized carbons (Fsp3) is 0.316. The number of thioether (sulfide) groups is 1. The Bertz CT molecular complexity index is 1030. The van der Waals surface area contributed by atoms with Crippen molar-refractivity contribution in [1.82, 2.24) is 4.72 Å². The number of hydrogen-bond acceptors (Lipinski definition) is 6. The van der Waals surface area contributed by atoms with E-state index in [2.05, 4.69) is 10.0 Å². The molecule has 2 N–H and O–H groups in total. The van der Waals surface area contributed by atoms with Crippen molar-refractivity contribution in [2.75, 3.05) is 30.5 Å². The zero-order valence-electron chi connectivity index (χ0n) is 16.0. The van der Waals surface area contributed by atoms with Gasteiger partial charge in [-0.2, -0.15) is 16.5 Å². The van der Waals surface area contributed by atoms with Gasteiger partial charge in [-0.15, -0.1) is 0 Å². The van der Waals surface area contributed by atoms with E-state index >= 15 is 0 Å². The molecule has 7 nitrogen and oxygen atoms in total. The Morgan fingerprint density at radius 1 is 1.13 bits per heavy atom. The summed E-state index contributed by atoms with van der Waals surface area (Å²) in [5, 5.41) is 2.25. The monoisotopic (exact) mass is 458 g/mol. The van der Waals surface area contributed by atoms with Crippen molar-refractivity contribution in [1.29, 1.82) is 0 Å². The topological polar surface area (TPSA) is 93.7 Å². The van der Waals surface area contributed by atoms with E-state index in [-0.39, 0.29) is 22.8 Å². The second kappa shape index (κ2) is 9.63. The van der Waals surface area contributed by atoms with E-state index in [1.165, 1.54) is 30.0 Å². The quantitative estimate of drug-likeness (QED) is 0.632. The molecule has 0 aliphatic carbocycles. The number of rotatable bonds is 8. The Labute approximate surface area is 177 Å². The third kappa shape index (κ3) is 5.41. The molecule has 0 bridgehead atoms. The molecule has 0 radical (unpaired) electrons. The summed E-state index contributed by atoms with van der Waals surface area (Å²) in [5.41, 5.74) is -0.368. The Kier molecular flexibility index (Phi) is 7.16. The van der Waals surface area contributed by atoms with Gasteiger partial charge in [-0.1, -0.05) is 0 Å². The van der Waals surface area contributed by atoms with Crippen LogP contribution in [0.2, 0.25) is 0 Å². The average Bonchev–Trinajstić information content (AvgIpc) is 2.73. The highest BCUT2D eigenvalue weighted by atomic mass is 32.2. The molecule has 1 amide bonds. The van der Waals surface area contributed by atoms with Crippen molar-refractivity contribution in [3.63, 3.8) is 0 Å². The van der Waals surface area contributed by atoms with Crippen LogP contribution in [0.1, 0.15) is 6.42 Å². The SMILES string of the molecule is CSCC[C@@H](NS(=O)(=O)c1ccc2c(c1)OCCO2)C(=O)Nc1cc(F)ccc1F. The highest BCUT2D eigenvalue weighted by molar-refractivity contribution is 7.98. The minimum Gasteiger partial charge on any atom is -0.486 e. The number of benzene rings is 2. The van der Waals surface area contributed by atoms with Crippen molar-refractivity contribution in [2.24, 2.45) is 0 Å². The smallest absolute Gasteiger partial charge is 0.242 e. The molecule has 162 valence electrons. The second-order valence-electron chi connectivity index (χ2n) is 6.37. The van der Waals surface area contributed by atoms with E-state index < -0.39 is 33.6 Å². The third-order valence-corrected chi connectivity index (χ3v) is 6.35. The molecule has 2 aromatic carbocycles. The van der Waals surface area contributed by atoms with Gasteiger partial charge in [0.1, 0.15) is 30.9 Å². The number of halogens is 2. The van der Waals surface area contributed by atoms with E-state index in [4.69, 9.17) is 9.47 Å². The van der Waals surface area contributed by atoms with Crippen LogP contribution in [0.3, 0.4) is 0 Å². The van der Waals surface area contributed by atoms with Gasteiger partial charge in [0.2, 0.25) is 15.9 Å². The van der Waals surface area contributed by atoms with Gasteiger partial charge >= 0.3 is 0 Å². The van der Waals surface area contributed by atoms with Crippen molar-refractivity contribution in [3.8, 4) is 11.5 Å². The number of hydrogen-bond donors (Lipinski definition) is 2. The number of fused-ring (bicyclic) bond motifs is 1. The molecule has 0 aromatic heterocycles. The minimum atomic E-state index is -4.10. The Balaban J connectivity index is 1.81. The summed E-state index contributed by atoms with van der Waals surface area (Å²) < 4.78 is 66.0. The summed E-state index contributed by atoms with van der Waals surface area (Å²) in [5.74, 6) is -1.18. The molecule has 11 heteroatoms. The number of nitrogens with one attached hydrogen (secondary N) is 2. The molecule has 0 saturated heterocycles. The molecule has 0 saturated carbocycles. The lowest BCUT2D eigenvalue weighted by Gasteiger charge is -2.21. The lowest BCUT2D eigenvalue weighted by atomic mass is 10.2. The number of ether oxygens (including phenoxy) is 2. The first-order chi connectivity index (χ1) is 14.3. The normalized spacial score (nSPS) is 14.2. The fourth-order valence-corrected chi connectivity index (χ4v) is 4.45. The maximum Gasteiger partial charge on any atom is 0.242 e. The number of carbonyl (C=O) groups is 1. The molecule has 0 unspecified atom stereocenters. The fourth-order valence-electron chi connectivity index (χ4n) is 2.74. The van der Waals surface area contributed by atoms with Crippen LogP contribution in [0.25, 0.3) is 0 Å². The first kappa shape index (κ1) is 22.3. The molecular formula is C19H20F2N2O5S2. The number of sulfonamides is 1. The Morgan fingerprint density at radius 2 is 1.87 bits per heavy atom. The van der Waals surface area contributed by atoms with E-state index in [1.807, 2.05) is 0 Å². The van der Waals surface area contributed by atoms with Crippen LogP contribution < -0.4 is 19.5 Å². The summed E-state index contributed by atoms with van der Waals surface area (Å²) in [4.78, 5) is 12.5. The van der Waals surface area contributed by atoms with Crippen LogP contribution >= 0.6 is 11.8 Å². The van der Waals surface area contributed by atoms with Gasteiger partial charge < -0.3 is 14.8 Å². The number of carbonyl (C=O) groups excluding carboxylic acids is 1. The summed E-state index contributed by atoms with van der Waals surface area (Å²) in [6.07, 6.45) is 1.95. The van der Waals surface area contributed by atoms with Gasteiger partial charge in [-0.25, -0.2) is 17.2 Å². The zero-order chi connectivity index (χ0) is 21.7. The highest BCUT2D eigenvalue weighted by Gasteiger charge is 2.27. The molecule has 0 fully saturated rings. The summed E-state index contributed by atoms with van der Waals surface area (Å²) in [6.45, 7) is 0.660. The molecule has 3 rings (SSSR count). The maximum absolute atomic E-state index is 13.9. The van der Waals surface area contributed by atoms with E-state index in [0.29, 0.717) is 24.7 Å². The summed E-state index contributed by atoms with van der Waals surface area (Å²) in [6, 6.07) is 5.55. The molecule has 1 atom stereocenters. The maximum atomic E-state index is 13.9. The summed E-state index contributed by atoms with van der Waals surface area (Å²) in [7, 11) is -4.10. The van der Waals surface area contributed by atoms with Crippen LogP contribution in [-0.4, -0.2) is 45.6 Å². The molecule has 0 spiro atoms. The Hall–Kier alpha value is -2.37. The van der Waals surface area contributed by atoms with Crippen LogP contribution in [0.5, 0.6) is 11.5 Å². The first-order valence-corrected chi connectivity index (χ1v) is 11.8. The lowest BCUT2D eigenvalue weighted by molar-refractivity contribution is -0.117. The third-order valence-electron chi connectivity index (χ3n) is 4.23. The predicted octanol–water partition coefficient (Wildman–Crippen LogP) is 2.77. The van der Waals surface area contributed by atoms with Gasteiger partial charge in [0, 0.05) is 12.1 Å². The van der Waals surface area contributed by atoms with Gasteiger partial charge in [0.25, 0.3) is 0 Å². The molecule has 1 aliphatic heterocycles. The van der Waals surface area contributed by atoms with Crippen molar-refractivity contribution < 1.29 is 31.5 Å². The van der Waals surface area contributed by atoms with Gasteiger partial charge in [-0.3, -0.25) is 4.79 Å². The molecule has 30 heavy (non-hydrogen) atoms. The average molecular weight is 459 g/mol. The van der Waals surface area contributed by atoms with E-state index in [9.17, 15) is 22.0 Å². The molecule has 1 aliphatic rings. The molecular weight excluding hydrogens is 438 g/mol. The van der Waals surface area contributed by atoms with Crippen molar-refractivity contribution in [2.45, 2.75) is 17.4 Å². The second-order valence-corrected chi connectivity index (χ2v) is 9.07. The predicted molar refractivity (Wildman–Crippen MR) is 110 cm³/mol. The van der Waals surface area contributed by atoms with Gasteiger partial charge in [0.05, 0.1) is 10.6 Å². The van der Waals surface area contributed by atoms with E-state index in [1.54, 1.807) is 6.26 Å². The standard InChI is InChI=1S/C19H20F2N2O5S2/c1-29-9-6-15(19(24)22-16-10-12(20)2-4-14(16)21)23-30(25,26)13-3-5-17-18(11-13)28-8-7-27-17/h2-5,10-11,15,23H,6-9H2,1H3,(H,22,24)/t15-/m1/s1. The first-order valence-electron chi connectivity index (χ1n) is 8.97. The summed E-state index contributed by atoms with van der Waals surface area (Å²) >= 11 is 1.41. The largest absolute Gasteiger partial charge is 0.486 e. The van der Waals surface area contributed by atoms with Gasteiger partial charge in [0.15, 0.2) is 11.5 Å². The van der Waals surface area contributed by atoms with Crippen LogP contribution in [-0.2, 0) is 14.8 Å². The molecule has 1 heterocycles. The van der Waals surface area contributed by atoms with Crippen molar-refractivity contribution >= 4 is 33.4 Å². The van der Waals surface area contributed by atoms with E-state index in [0.717, 1.165) is 18.2 Å². The number of amides is 1. The van der Waals surface area contributed by atoms with Crippen LogP contribution in [0.15, 0.2) is 41.3 Å². The zero-order valence-corrected chi connectivity index (χ0v) is 17.6. The lowest BCUT2D eigenvalue weighted by Crippen LogP contribution is -2.44. The highest BCUT2D eigenvalue weighted by Crippen LogP contribution is 2.32. The van der Waals surface area contributed by atoms with Crippen LogP contribution in [0.4, 0.5) is 14.5 Å². The number of anilines is 1. The minimum absolute atomic E-state index is 0.106.